The molecular formula is C60H85Cl2SiZr. The molecule has 4 heteroatoms. The van der Waals surface area contributed by atoms with Crippen LogP contribution in [-0.2, 0) is 26.4 Å². The number of hydrogen-bond donors (Lipinski definition) is 0. The summed E-state index contributed by atoms with van der Waals surface area (Å²) in [4.78, 5) is 0. The first-order chi connectivity index (χ1) is 29.1. The van der Waals surface area contributed by atoms with E-state index in [0.29, 0.717) is 23.7 Å². The third-order valence-corrected chi connectivity index (χ3v) is 66.7. The van der Waals surface area contributed by atoms with Gasteiger partial charge in [-0.3, -0.25) is 0 Å². The molecule has 0 amide bonds. The molecule has 0 heterocycles. The van der Waals surface area contributed by atoms with Crippen molar-refractivity contribution in [1.29, 1.82) is 0 Å². The molecule has 0 saturated heterocycles. The van der Waals surface area contributed by atoms with Crippen molar-refractivity contribution < 1.29 is 15.6 Å². The molecule has 0 nitrogen and oxygen atoms in total. The Kier molecular flexibility index (Phi) is 13.8. The van der Waals surface area contributed by atoms with Crippen molar-refractivity contribution in [1.82, 2.24) is 0 Å². The second-order valence-electron chi connectivity index (χ2n) is 25.8. The van der Waals surface area contributed by atoms with Crippen LogP contribution in [0.4, 0.5) is 0 Å². The van der Waals surface area contributed by atoms with Gasteiger partial charge in [0.2, 0.25) is 0 Å². The Bertz CT molecular complexity index is 2290. The average Bonchev–Trinajstić information content (AvgIpc) is 3.78. The molecule has 2 unspecified atom stereocenters. The molecule has 64 heavy (non-hydrogen) atoms. The number of benzene rings is 4. The van der Waals surface area contributed by atoms with Gasteiger partial charge >= 0.3 is 405 Å². The Labute approximate surface area is 401 Å². The Morgan fingerprint density at radius 2 is 0.719 bits per heavy atom. The Morgan fingerprint density at radius 1 is 0.438 bits per heavy atom. The zero-order chi connectivity index (χ0) is 48.2. The Hall–Kier alpha value is -1.96. The van der Waals surface area contributed by atoms with E-state index in [9.17, 15) is 17.0 Å². The van der Waals surface area contributed by atoms with Crippen LogP contribution >= 0.6 is 17.0 Å². The molecule has 2 atom stereocenters. The van der Waals surface area contributed by atoms with Crippen molar-refractivity contribution in [3.63, 3.8) is 0 Å². The zero-order valence-corrected chi connectivity index (χ0v) is 49.4. The SMILES string of the molecule is CC(C)c1cc(-c2c(C(C)(C)C)ccc3c2C=C(C(C)(C)C)[CH]3[Zr]([Cl])([Cl])([CH]2C(C(C)(C)C)=Cc3c2ccc(C(C)(C)C)c3-c2cc(C(C)C)cc(C(C)C)c2)[SiH](C)C)cc(C(C)C)c1. The van der Waals surface area contributed by atoms with Crippen LogP contribution < -0.4 is 0 Å². The van der Waals surface area contributed by atoms with Crippen molar-refractivity contribution in [2.75, 3.05) is 0 Å². The summed E-state index contributed by atoms with van der Waals surface area (Å²) in [7, 11) is 18.6. The number of fused-ring (bicyclic) bond motifs is 2. The van der Waals surface area contributed by atoms with Crippen LogP contribution in [0.15, 0.2) is 71.8 Å². The van der Waals surface area contributed by atoms with Crippen molar-refractivity contribution in [2.24, 2.45) is 10.8 Å². The first-order valence-corrected chi connectivity index (χ1v) is 41.1. The number of rotatable bonds is 9. The molecule has 6 rings (SSSR count). The fourth-order valence-electron chi connectivity index (χ4n) is 11.1. The molecule has 0 fully saturated rings. The summed E-state index contributed by atoms with van der Waals surface area (Å²) in [5.41, 5.74) is 21.6. The maximum absolute atomic E-state index is 9.28. The fraction of sp³-hybridized carbons (Fsp3) is 0.533. The van der Waals surface area contributed by atoms with Crippen LogP contribution in [0.5, 0.6) is 0 Å². The third kappa shape index (κ3) is 9.05. The van der Waals surface area contributed by atoms with Gasteiger partial charge in [0.15, 0.2) is 0 Å². The van der Waals surface area contributed by atoms with Crippen LogP contribution in [0.25, 0.3) is 34.4 Å². The molecule has 0 aliphatic heterocycles. The van der Waals surface area contributed by atoms with Gasteiger partial charge in [0.1, 0.15) is 0 Å². The minimum absolute atomic E-state index is 0.0266. The van der Waals surface area contributed by atoms with Crippen molar-refractivity contribution in [3.8, 4) is 22.3 Å². The predicted octanol–water partition coefficient (Wildman–Crippen LogP) is 19.8. The zero-order valence-electron chi connectivity index (χ0n) is 44.2. The van der Waals surface area contributed by atoms with Crippen molar-refractivity contribution in [3.05, 3.63) is 127 Å². The van der Waals surface area contributed by atoms with Gasteiger partial charge in [-0.15, -0.1) is 0 Å². The maximum atomic E-state index is 9.28. The summed E-state index contributed by atoms with van der Waals surface area (Å²) >= 11 is -5.28. The Morgan fingerprint density at radius 3 is 0.938 bits per heavy atom. The van der Waals surface area contributed by atoms with Crippen LogP contribution in [0.1, 0.15) is 225 Å². The summed E-state index contributed by atoms with van der Waals surface area (Å²) in [5.74, 6) is -0.177. The molecule has 0 saturated carbocycles. The van der Waals surface area contributed by atoms with E-state index >= 15 is 0 Å². The van der Waals surface area contributed by atoms with Gasteiger partial charge in [0, 0.05) is 0 Å². The molecule has 2 aliphatic carbocycles. The Balaban J connectivity index is 1.78. The summed E-state index contributed by atoms with van der Waals surface area (Å²) in [6, 6.07) is 24.7. The van der Waals surface area contributed by atoms with Crippen LogP contribution in [0, 0.1) is 10.8 Å². The van der Waals surface area contributed by atoms with Gasteiger partial charge in [-0.2, -0.15) is 0 Å². The summed E-state index contributed by atoms with van der Waals surface area (Å²) < 4.78 is -0.0531. The third-order valence-electron chi connectivity index (χ3n) is 15.2. The first kappa shape index (κ1) is 51.4. The van der Waals surface area contributed by atoms with E-state index in [0.717, 1.165) is 0 Å². The van der Waals surface area contributed by atoms with Crippen LogP contribution in [0.3, 0.4) is 0 Å². The van der Waals surface area contributed by atoms with E-state index in [2.05, 4.69) is 224 Å². The van der Waals surface area contributed by atoms with Crippen molar-refractivity contribution in [2.45, 2.75) is 193 Å². The predicted molar refractivity (Wildman–Crippen MR) is 288 cm³/mol. The number of allylic oxidation sites excluding steroid dienone is 2. The van der Waals surface area contributed by atoms with E-state index in [1.54, 1.807) is 0 Å². The van der Waals surface area contributed by atoms with Crippen LogP contribution in [-0.4, -0.2) is 5.92 Å². The molecule has 4 aromatic carbocycles. The monoisotopic (exact) mass is 993 g/mol. The van der Waals surface area contributed by atoms with E-state index in [4.69, 9.17) is 0 Å². The molecule has 0 aromatic heterocycles. The average molecular weight is 997 g/mol. The van der Waals surface area contributed by atoms with Gasteiger partial charge < -0.3 is 0 Å². The molecule has 347 valence electrons. The van der Waals surface area contributed by atoms with Gasteiger partial charge in [-0.1, -0.05) is 0 Å². The topological polar surface area (TPSA) is 0 Å². The van der Waals surface area contributed by atoms with Crippen molar-refractivity contribution >= 4 is 35.1 Å². The second-order valence-corrected chi connectivity index (χ2v) is 68.3. The minimum atomic E-state index is -5.28. The second kappa shape index (κ2) is 17.2. The van der Waals surface area contributed by atoms with E-state index in [1.165, 1.54) is 89.0 Å². The summed E-state index contributed by atoms with van der Waals surface area (Å²) in [5, 5.41) is 0. The molecular weight excluding hydrogens is 911 g/mol. The van der Waals surface area contributed by atoms with E-state index < -0.39 is 21.5 Å². The van der Waals surface area contributed by atoms with Gasteiger partial charge in [0.05, 0.1) is 0 Å². The molecule has 2 aliphatic rings. The molecule has 4 aromatic rings. The standard InChI is InChI=1S/2C29H39.C2H7Si.2ClH.Zr/c2*1-18(2)21-13-22(19(3)4)15-23(14-21)27-25-17-24(28(5,6)7)16-20(25)11-12-26(27)29(8,9)10;1-3-2;;;/h2*11-19H,1-10H3;3H,1-2H3;2*1H;/q;;;;;+2/p-2. The van der Waals surface area contributed by atoms with Gasteiger partial charge in [-0.25, -0.2) is 0 Å². The first-order valence-electron chi connectivity index (χ1n) is 24.8. The number of hydrogen-bond acceptors (Lipinski definition) is 0. The summed E-state index contributed by atoms with van der Waals surface area (Å²) in [6.07, 6.45) is 5.21. The van der Waals surface area contributed by atoms with Gasteiger partial charge in [-0.05, 0) is 0 Å². The fourth-order valence-corrected chi connectivity index (χ4v) is 42.5. The van der Waals surface area contributed by atoms with Crippen LogP contribution in [0.2, 0.25) is 13.1 Å². The van der Waals surface area contributed by atoms with Gasteiger partial charge in [0.25, 0.3) is 0 Å². The number of halogens is 2. The molecule has 0 bridgehead atoms. The molecule has 0 radical (unpaired) electrons. The molecule has 0 N–H and O–H groups in total. The quantitative estimate of drug-likeness (QED) is 0.147. The summed E-state index contributed by atoms with van der Waals surface area (Å²) in [6.45, 7) is 52.4. The normalized spacial score (nSPS) is 18.0. The van der Waals surface area contributed by atoms with E-state index in [-0.39, 0.29) is 28.9 Å². The molecule has 0 spiro atoms. The van der Waals surface area contributed by atoms with E-state index in [1.807, 2.05) is 0 Å².